The molecule has 2 aromatic rings. The molecule has 1 atom stereocenters. The quantitative estimate of drug-likeness (QED) is 0.889. The van der Waals surface area contributed by atoms with Crippen LogP contribution in [0.15, 0.2) is 42.5 Å². The second-order valence-corrected chi connectivity index (χ2v) is 5.59. The van der Waals surface area contributed by atoms with Crippen molar-refractivity contribution in [2.45, 2.75) is 33.4 Å². The van der Waals surface area contributed by atoms with Gasteiger partial charge < -0.3 is 14.8 Å². The lowest BCUT2D eigenvalue weighted by molar-refractivity contribution is -0.127. The van der Waals surface area contributed by atoms with E-state index in [4.69, 9.17) is 9.47 Å². The molecule has 0 aliphatic rings. The average Bonchev–Trinajstić information content (AvgIpc) is 2.56. The molecule has 0 saturated carbocycles. The third kappa shape index (κ3) is 4.74. The predicted octanol–water partition coefficient (Wildman–Crippen LogP) is 3.40. The minimum atomic E-state index is -0.547. The molecule has 0 aliphatic heterocycles. The standard InChI is InChI=1S/C19H23NO3/c1-13-5-6-14(2)18(11-13)23-15(3)19(21)20-12-16-7-9-17(22-4)10-8-16/h5-11,15H,12H2,1-4H3,(H,20,21)/t15-/m1/s1. The Kier molecular flexibility index (Phi) is 5.63. The summed E-state index contributed by atoms with van der Waals surface area (Å²) in [6.45, 7) is 6.19. The molecule has 23 heavy (non-hydrogen) atoms. The van der Waals surface area contributed by atoms with Gasteiger partial charge in [-0.05, 0) is 55.7 Å². The number of aryl methyl sites for hydroxylation is 2. The topological polar surface area (TPSA) is 47.6 Å². The molecular formula is C19H23NO3. The van der Waals surface area contributed by atoms with E-state index in [1.807, 2.05) is 56.3 Å². The number of hydrogen-bond donors (Lipinski definition) is 1. The minimum Gasteiger partial charge on any atom is -0.497 e. The van der Waals surface area contributed by atoms with Crippen LogP contribution in [0.5, 0.6) is 11.5 Å². The highest BCUT2D eigenvalue weighted by atomic mass is 16.5. The first-order valence-corrected chi connectivity index (χ1v) is 7.64. The lowest BCUT2D eigenvalue weighted by atomic mass is 10.1. The van der Waals surface area contributed by atoms with E-state index in [1.165, 1.54) is 0 Å². The summed E-state index contributed by atoms with van der Waals surface area (Å²) in [6.07, 6.45) is -0.547. The third-order valence-corrected chi connectivity index (χ3v) is 3.64. The Balaban J connectivity index is 1.90. The largest absolute Gasteiger partial charge is 0.497 e. The Bertz CT molecular complexity index is 665. The molecule has 2 aromatic carbocycles. The van der Waals surface area contributed by atoms with Crippen molar-refractivity contribution in [2.75, 3.05) is 7.11 Å². The number of rotatable bonds is 6. The molecule has 0 aromatic heterocycles. The van der Waals surface area contributed by atoms with Gasteiger partial charge in [0.05, 0.1) is 7.11 Å². The molecule has 2 rings (SSSR count). The molecule has 0 unspecified atom stereocenters. The van der Waals surface area contributed by atoms with Crippen LogP contribution in [0.1, 0.15) is 23.6 Å². The van der Waals surface area contributed by atoms with Crippen molar-refractivity contribution >= 4 is 5.91 Å². The van der Waals surface area contributed by atoms with E-state index < -0.39 is 6.10 Å². The Morgan fingerprint density at radius 1 is 1.13 bits per heavy atom. The van der Waals surface area contributed by atoms with Gasteiger partial charge in [-0.3, -0.25) is 4.79 Å². The minimum absolute atomic E-state index is 0.137. The number of benzene rings is 2. The van der Waals surface area contributed by atoms with Crippen LogP contribution in [-0.2, 0) is 11.3 Å². The van der Waals surface area contributed by atoms with E-state index >= 15 is 0 Å². The van der Waals surface area contributed by atoms with Crippen molar-refractivity contribution in [1.82, 2.24) is 5.32 Å². The van der Waals surface area contributed by atoms with Crippen LogP contribution in [0.4, 0.5) is 0 Å². The Labute approximate surface area is 137 Å². The molecule has 0 heterocycles. The number of hydrogen-bond acceptors (Lipinski definition) is 3. The zero-order chi connectivity index (χ0) is 16.8. The van der Waals surface area contributed by atoms with Crippen molar-refractivity contribution in [3.63, 3.8) is 0 Å². The number of ether oxygens (including phenoxy) is 2. The highest BCUT2D eigenvalue weighted by molar-refractivity contribution is 5.80. The van der Waals surface area contributed by atoms with Crippen LogP contribution in [0.2, 0.25) is 0 Å². The van der Waals surface area contributed by atoms with Crippen molar-refractivity contribution < 1.29 is 14.3 Å². The van der Waals surface area contributed by atoms with Crippen LogP contribution in [-0.4, -0.2) is 19.1 Å². The molecule has 4 nitrogen and oxygen atoms in total. The van der Waals surface area contributed by atoms with Gasteiger partial charge in [-0.25, -0.2) is 0 Å². The second kappa shape index (κ2) is 7.68. The van der Waals surface area contributed by atoms with E-state index in [2.05, 4.69) is 5.32 Å². The molecule has 4 heteroatoms. The number of methoxy groups -OCH3 is 1. The molecule has 1 N–H and O–H groups in total. The molecule has 0 spiro atoms. The zero-order valence-corrected chi connectivity index (χ0v) is 14.1. The lowest BCUT2D eigenvalue weighted by Gasteiger charge is -2.17. The van der Waals surface area contributed by atoms with Gasteiger partial charge in [0, 0.05) is 6.54 Å². The Morgan fingerprint density at radius 3 is 2.48 bits per heavy atom. The summed E-state index contributed by atoms with van der Waals surface area (Å²) in [5.41, 5.74) is 3.14. The summed E-state index contributed by atoms with van der Waals surface area (Å²) in [7, 11) is 1.63. The Morgan fingerprint density at radius 2 is 1.83 bits per heavy atom. The average molecular weight is 313 g/mol. The number of amides is 1. The van der Waals surface area contributed by atoms with E-state index in [1.54, 1.807) is 14.0 Å². The first kappa shape index (κ1) is 16.9. The van der Waals surface area contributed by atoms with Gasteiger partial charge in [0.15, 0.2) is 6.10 Å². The van der Waals surface area contributed by atoms with Gasteiger partial charge in [0.25, 0.3) is 5.91 Å². The maximum atomic E-state index is 12.2. The zero-order valence-electron chi connectivity index (χ0n) is 14.1. The maximum Gasteiger partial charge on any atom is 0.261 e. The van der Waals surface area contributed by atoms with Crippen molar-refractivity contribution in [3.05, 3.63) is 59.2 Å². The first-order chi connectivity index (χ1) is 11.0. The van der Waals surface area contributed by atoms with Gasteiger partial charge in [0.1, 0.15) is 11.5 Å². The third-order valence-electron chi connectivity index (χ3n) is 3.64. The van der Waals surface area contributed by atoms with Crippen LogP contribution < -0.4 is 14.8 Å². The highest BCUT2D eigenvalue weighted by Gasteiger charge is 2.15. The smallest absolute Gasteiger partial charge is 0.261 e. The van der Waals surface area contributed by atoms with E-state index in [0.29, 0.717) is 6.54 Å². The van der Waals surface area contributed by atoms with Crippen molar-refractivity contribution in [1.29, 1.82) is 0 Å². The summed E-state index contributed by atoms with van der Waals surface area (Å²) in [6, 6.07) is 13.6. The lowest BCUT2D eigenvalue weighted by Crippen LogP contribution is -2.36. The molecule has 0 saturated heterocycles. The molecule has 0 fully saturated rings. The summed E-state index contributed by atoms with van der Waals surface area (Å²) in [4.78, 5) is 12.2. The summed E-state index contributed by atoms with van der Waals surface area (Å²) >= 11 is 0. The number of nitrogens with one attached hydrogen (secondary N) is 1. The van der Waals surface area contributed by atoms with Gasteiger partial charge >= 0.3 is 0 Å². The second-order valence-electron chi connectivity index (χ2n) is 5.59. The summed E-state index contributed by atoms with van der Waals surface area (Å²) < 4.78 is 10.9. The number of carbonyl (C=O) groups is 1. The fourth-order valence-electron chi connectivity index (χ4n) is 2.15. The molecule has 0 aliphatic carbocycles. The van der Waals surface area contributed by atoms with Crippen LogP contribution in [0.3, 0.4) is 0 Å². The molecule has 0 bridgehead atoms. The fourth-order valence-corrected chi connectivity index (χ4v) is 2.15. The summed E-state index contributed by atoms with van der Waals surface area (Å²) in [5.74, 6) is 1.41. The molecule has 1 amide bonds. The molecule has 0 radical (unpaired) electrons. The van der Waals surface area contributed by atoms with Gasteiger partial charge in [-0.15, -0.1) is 0 Å². The Hall–Kier alpha value is -2.49. The van der Waals surface area contributed by atoms with Crippen LogP contribution in [0.25, 0.3) is 0 Å². The SMILES string of the molecule is COc1ccc(CNC(=O)[C@@H](C)Oc2cc(C)ccc2C)cc1. The fraction of sp³-hybridized carbons (Fsp3) is 0.316. The van der Waals surface area contributed by atoms with Gasteiger partial charge in [-0.2, -0.15) is 0 Å². The van der Waals surface area contributed by atoms with Crippen LogP contribution in [0, 0.1) is 13.8 Å². The normalized spacial score (nSPS) is 11.7. The van der Waals surface area contributed by atoms with E-state index in [0.717, 1.165) is 28.2 Å². The van der Waals surface area contributed by atoms with Crippen molar-refractivity contribution in [3.8, 4) is 11.5 Å². The van der Waals surface area contributed by atoms with Crippen LogP contribution >= 0.6 is 0 Å². The van der Waals surface area contributed by atoms with E-state index in [-0.39, 0.29) is 5.91 Å². The first-order valence-electron chi connectivity index (χ1n) is 7.64. The summed E-state index contributed by atoms with van der Waals surface area (Å²) in [5, 5.41) is 2.89. The van der Waals surface area contributed by atoms with Crippen molar-refractivity contribution in [2.24, 2.45) is 0 Å². The molecule has 122 valence electrons. The van der Waals surface area contributed by atoms with Gasteiger partial charge in [0.2, 0.25) is 0 Å². The predicted molar refractivity (Wildman–Crippen MR) is 90.8 cm³/mol. The molecular weight excluding hydrogens is 290 g/mol. The van der Waals surface area contributed by atoms with Gasteiger partial charge in [-0.1, -0.05) is 24.3 Å². The number of carbonyl (C=O) groups excluding carboxylic acids is 1. The maximum absolute atomic E-state index is 12.2. The monoisotopic (exact) mass is 313 g/mol. The van der Waals surface area contributed by atoms with E-state index in [9.17, 15) is 4.79 Å². The highest BCUT2D eigenvalue weighted by Crippen LogP contribution is 2.20.